The van der Waals surface area contributed by atoms with Crippen molar-refractivity contribution in [3.63, 3.8) is 0 Å². The van der Waals surface area contributed by atoms with E-state index < -0.39 is 17.6 Å². The van der Waals surface area contributed by atoms with Crippen LogP contribution in [0.15, 0.2) is 66.7 Å². The number of benzene rings is 2. The fraction of sp³-hybridized carbons (Fsp3) is 0.308. The monoisotopic (exact) mass is 497 g/mol. The average Bonchev–Trinajstić information content (AvgIpc) is 3.35. The Balaban J connectivity index is 1.58. The van der Waals surface area contributed by atoms with Gasteiger partial charge in [-0.25, -0.2) is 4.68 Å². The maximum Gasteiger partial charge on any atom is 0.585 e. The summed E-state index contributed by atoms with van der Waals surface area (Å²) in [5, 5.41) is 24.8. The van der Waals surface area contributed by atoms with Crippen LogP contribution in [0.25, 0.3) is 6.08 Å². The number of hydrogen-bond donors (Lipinski definition) is 1. The van der Waals surface area contributed by atoms with Gasteiger partial charge >= 0.3 is 7.48 Å². The number of tetrazole rings is 1. The van der Waals surface area contributed by atoms with E-state index in [9.17, 15) is 10.1 Å². The normalized spacial score (nSPS) is 14.5. The van der Waals surface area contributed by atoms with Gasteiger partial charge in [-0.15, -0.1) is 5.10 Å². The lowest BCUT2D eigenvalue weighted by atomic mass is 9.97. The molecule has 11 heteroatoms. The van der Waals surface area contributed by atoms with Crippen molar-refractivity contribution in [3.05, 3.63) is 83.7 Å². The molecule has 0 saturated carbocycles. The molecule has 0 bridgehead atoms. The highest BCUT2D eigenvalue weighted by molar-refractivity contribution is 6.62. The van der Waals surface area contributed by atoms with Crippen LogP contribution in [0.3, 0.4) is 0 Å². The Bertz CT molecular complexity index is 1290. The van der Waals surface area contributed by atoms with E-state index in [-0.39, 0.29) is 18.9 Å². The van der Waals surface area contributed by atoms with E-state index in [0.717, 1.165) is 11.1 Å². The average molecular weight is 497 g/mol. The Kier molecular flexibility index (Phi) is 8.43. The van der Waals surface area contributed by atoms with Crippen molar-refractivity contribution in [3.8, 4) is 6.07 Å². The van der Waals surface area contributed by atoms with Crippen LogP contribution in [0.1, 0.15) is 49.3 Å². The quantitative estimate of drug-likeness (QED) is 0.302. The second kappa shape index (κ2) is 12.1. The van der Waals surface area contributed by atoms with Gasteiger partial charge in [-0.1, -0.05) is 72.8 Å². The molecule has 1 amide bonds. The molecule has 0 fully saturated rings. The molecule has 1 unspecified atom stereocenters. The van der Waals surface area contributed by atoms with Crippen LogP contribution in [0, 0.1) is 11.3 Å². The summed E-state index contributed by atoms with van der Waals surface area (Å²) in [5.41, 5.74) is 1.00. The number of aromatic nitrogens is 4. The molecule has 1 aromatic heterocycles. The summed E-state index contributed by atoms with van der Waals surface area (Å²) in [7, 11) is 1.50. The van der Waals surface area contributed by atoms with Crippen molar-refractivity contribution >= 4 is 25.6 Å². The highest BCUT2D eigenvalue weighted by atomic mass is 16.6. The fourth-order valence-electron chi connectivity index (χ4n) is 3.71. The van der Waals surface area contributed by atoms with E-state index in [1.165, 1.54) is 12.2 Å². The van der Waals surface area contributed by atoms with Gasteiger partial charge in [0, 0.05) is 13.8 Å². The molecule has 1 aliphatic rings. The minimum absolute atomic E-state index is 0.120. The van der Waals surface area contributed by atoms with Gasteiger partial charge in [0.15, 0.2) is 5.82 Å². The molecule has 37 heavy (non-hydrogen) atoms. The minimum Gasteiger partial charge on any atom is -0.374 e. The largest absolute Gasteiger partial charge is 0.585 e. The molecule has 0 spiro atoms. The zero-order valence-corrected chi connectivity index (χ0v) is 20.8. The van der Waals surface area contributed by atoms with Crippen molar-refractivity contribution in [2.24, 2.45) is 0 Å². The number of ether oxygens (including phenoxy) is 1. The molecule has 0 saturated heterocycles. The number of allylic oxidation sites excluding steroid dienone is 1. The summed E-state index contributed by atoms with van der Waals surface area (Å²) in [4.78, 5) is 13.3. The first-order valence-corrected chi connectivity index (χ1v) is 11.9. The minimum atomic E-state index is -0.982. The fourth-order valence-corrected chi connectivity index (χ4v) is 3.71. The van der Waals surface area contributed by atoms with Crippen molar-refractivity contribution in [2.45, 2.75) is 44.5 Å². The van der Waals surface area contributed by atoms with Crippen LogP contribution in [-0.4, -0.2) is 56.6 Å². The van der Waals surface area contributed by atoms with Gasteiger partial charge in [-0.3, -0.25) is 4.79 Å². The van der Waals surface area contributed by atoms with Crippen LogP contribution in [0.2, 0.25) is 0 Å². The van der Waals surface area contributed by atoms with E-state index in [1.807, 2.05) is 72.8 Å². The van der Waals surface area contributed by atoms with Crippen molar-refractivity contribution < 1.29 is 19.0 Å². The lowest BCUT2D eigenvalue weighted by Gasteiger charge is -2.26. The first kappa shape index (κ1) is 25.8. The molecular weight excluding hydrogens is 469 g/mol. The standard InChI is InChI=1S/C26H27BN7O3/c1-26(2,33-19-27-37-33)25(35)29-23(18-36-17-21-11-7-4-8-12-21)24-30-31-32-34(24)22(15-16-28)14-13-20-9-5-3-6-10-20/h3-14,19,22-23H,15,17-18H2,1-2H3/p+1/b14-13+/t22?,23-/m1/s1. The first-order chi connectivity index (χ1) is 18.0. The smallest absolute Gasteiger partial charge is 0.374 e. The Morgan fingerprint density at radius 2 is 1.95 bits per heavy atom. The van der Waals surface area contributed by atoms with Crippen LogP contribution < -0.4 is 5.32 Å². The maximum atomic E-state index is 13.3. The molecule has 2 atom stereocenters. The molecule has 0 aliphatic carbocycles. The zero-order chi connectivity index (χ0) is 26.1. The van der Waals surface area contributed by atoms with E-state index in [4.69, 9.17) is 9.49 Å². The molecule has 2 heterocycles. The maximum absolute atomic E-state index is 13.3. The van der Waals surface area contributed by atoms with Crippen LogP contribution >= 0.6 is 0 Å². The second-order valence-corrected chi connectivity index (χ2v) is 8.98. The SMILES string of the molecule is CC(C)(C(=O)N[C@H](COCc1ccccc1)c1nnnn1C(/C=C/c1ccccc1)CC#N)[N+]1=C[B]O1. The molecule has 3 aromatic rings. The molecule has 1 aliphatic heterocycles. The van der Waals surface area contributed by atoms with Crippen LogP contribution in [0.5, 0.6) is 0 Å². The summed E-state index contributed by atoms with van der Waals surface area (Å²) < 4.78 is 14.3. The number of hydrogen-bond acceptors (Lipinski definition) is 7. The summed E-state index contributed by atoms with van der Waals surface area (Å²) in [6.45, 7) is 3.97. The molecular formula is C26H28BN7O3+. The van der Waals surface area contributed by atoms with Crippen LogP contribution in [-0.2, 0) is 20.9 Å². The number of amides is 1. The highest BCUT2D eigenvalue weighted by Gasteiger charge is 2.46. The Morgan fingerprint density at radius 1 is 1.24 bits per heavy atom. The molecule has 2 aromatic carbocycles. The second-order valence-electron chi connectivity index (χ2n) is 8.98. The van der Waals surface area contributed by atoms with Crippen LogP contribution in [0.4, 0.5) is 0 Å². The summed E-state index contributed by atoms with van der Waals surface area (Å²) in [5.74, 6) is 0.0895. The zero-order valence-electron chi connectivity index (χ0n) is 20.8. The Labute approximate surface area is 216 Å². The summed E-state index contributed by atoms with van der Waals surface area (Å²) >= 11 is 0. The van der Waals surface area contributed by atoms with E-state index >= 15 is 0 Å². The lowest BCUT2D eigenvalue weighted by molar-refractivity contribution is -0.797. The van der Waals surface area contributed by atoms with E-state index in [0.29, 0.717) is 12.4 Å². The molecule has 1 N–H and O–H groups in total. The number of nitriles is 1. The van der Waals surface area contributed by atoms with Gasteiger partial charge in [0.2, 0.25) is 6.11 Å². The molecule has 4 rings (SSSR count). The lowest BCUT2D eigenvalue weighted by Crippen LogP contribution is -2.56. The van der Waals surface area contributed by atoms with Gasteiger partial charge < -0.3 is 14.8 Å². The van der Waals surface area contributed by atoms with Gasteiger partial charge in [-0.05, 0) is 26.3 Å². The Morgan fingerprint density at radius 3 is 2.59 bits per heavy atom. The van der Waals surface area contributed by atoms with Crippen molar-refractivity contribution in [1.82, 2.24) is 25.5 Å². The van der Waals surface area contributed by atoms with E-state index in [1.54, 1.807) is 24.6 Å². The first-order valence-electron chi connectivity index (χ1n) is 11.9. The third kappa shape index (κ3) is 6.48. The predicted molar refractivity (Wildman–Crippen MR) is 137 cm³/mol. The molecule has 10 nitrogen and oxygen atoms in total. The number of nitrogens with one attached hydrogen (secondary N) is 1. The highest BCUT2D eigenvalue weighted by Crippen LogP contribution is 2.22. The molecule has 1 radical (unpaired) electrons. The number of hydroxylamine groups is 1. The number of nitrogens with zero attached hydrogens (tertiary/aromatic N) is 6. The predicted octanol–water partition coefficient (Wildman–Crippen LogP) is 2.60. The Hall–Kier alpha value is -4.30. The number of carbonyl (C=O) groups excluding carboxylic acids is 1. The summed E-state index contributed by atoms with van der Waals surface area (Å²) in [6, 6.07) is 20.6. The van der Waals surface area contributed by atoms with Crippen molar-refractivity contribution in [1.29, 1.82) is 5.26 Å². The van der Waals surface area contributed by atoms with Gasteiger partial charge in [0.05, 0.1) is 31.7 Å². The topological polar surface area (TPSA) is 118 Å². The van der Waals surface area contributed by atoms with Gasteiger partial charge in [0.25, 0.3) is 11.4 Å². The van der Waals surface area contributed by atoms with Crippen molar-refractivity contribution in [2.75, 3.05) is 6.61 Å². The number of carbonyl (C=O) groups is 1. The third-order valence-corrected chi connectivity index (χ3v) is 5.93. The summed E-state index contributed by atoms with van der Waals surface area (Å²) in [6.07, 6.45) is 5.63. The molecule has 187 valence electrons. The third-order valence-electron chi connectivity index (χ3n) is 5.93. The van der Waals surface area contributed by atoms with Gasteiger partial charge in [0.1, 0.15) is 6.04 Å². The van der Waals surface area contributed by atoms with Gasteiger partial charge in [-0.2, -0.15) is 5.26 Å². The number of rotatable bonds is 12. The van der Waals surface area contributed by atoms with E-state index in [2.05, 4.69) is 26.9 Å².